The molecule has 2 aromatic heterocycles. The van der Waals surface area contributed by atoms with Crippen LogP contribution in [0.2, 0.25) is 5.02 Å². The predicted octanol–water partition coefficient (Wildman–Crippen LogP) is 3.41. The predicted molar refractivity (Wildman–Crippen MR) is 85.4 cm³/mol. The van der Waals surface area contributed by atoms with E-state index in [0.717, 1.165) is 27.3 Å². The number of rotatable bonds is 4. The van der Waals surface area contributed by atoms with Gasteiger partial charge in [0.05, 0.1) is 24.0 Å². The summed E-state index contributed by atoms with van der Waals surface area (Å²) in [6, 6.07) is 7.82. The van der Waals surface area contributed by atoms with Gasteiger partial charge < -0.3 is 9.67 Å². The highest BCUT2D eigenvalue weighted by molar-refractivity contribution is 7.98. The summed E-state index contributed by atoms with van der Waals surface area (Å²) in [4.78, 5) is 8.75. The average Bonchev–Trinajstić information content (AvgIpc) is 2.86. The number of aromatic nitrogens is 3. The molecule has 0 bridgehead atoms. The van der Waals surface area contributed by atoms with Crippen LogP contribution < -0.4 is 0 Å². The minimum Gasteiger partial charge on any atom is -0.390 e. The Bertz CT molecular complexity index is 788. The van der Waals surface area contributed by atoms with E-state index in [1.807, 2.05) is 35.9 Å². The normalized spacial score (nSPS) is 11.2. The molecule has 1 aromatic carbocycles. The summed E-state index contributed by atoms with van der Waals surface area (Å²) in [7, 11) is 1.89. The zero-order chi connectivity index (χ0) is 14.8. The van der Waals surface area contributed by atoms with E-state index >= 15 is 0 Å². The van der Waals surface area contributed by atoms with Crippen LogP contribution in [-0.4, -0.2) is 19.6 Å². The molecule has 0 aliphatic carbocycles. The highest BCUT2D eigenvalue weighted by Gasteiger charge is 2.11. The van der Waals surface area contributed by atoms with Gasteiger partial charge in [0.2, 0.25) is 0 Å². The van der Waals surface area contributed by atoms with Crippen LogP contribution in [0.25, 0.3) is 10.9 Å². The second-order valence-corrected chi connectivity index (χ2v) is 5.99. The van der Waals surface area contributed by atoms with Gasteiger partial charge in [-0.2, -0.15) is 0 Å². The fraction of sp³-hybridized carbons (Fsp3) is 0.200. The first kappa shape index (κ1) is 14.4. The Kier molecular flexibility index (Phi) is 4.14. The Morgan fingerprint density at radius 1 is 1.29 bits per heavy atom. The number of halogens is 1. The van der Waals surface area contributed by atoms with Crippen LogP contribution in [-0.2, 0) is 19.4 Å². The molecule has 108 valence electrons. The van der Waals surface area contributed by atoms with Gasteiger partial charge in [-0.15, -0.1) is 0 Å². The van der Waals surface area contributed by atoms with Crippen LogP contribution in [0.4, 0.5) is 0 Å². The van der Waals surface area contributed by atoms with Gasteiger partial charge in [0.25, 0.3) is 0 Å². The summed E-state index contributed by atoms with van der Waals surface area (Å²) in [6.07, 6.45) is 3.46. The monoisotopic (exact) mass is 319 g/mol. The minimum absolute atomic E-state index is 0.0133. The molecule has 4 nitrogen and oxygen atoms in total. The fourth-order valence-corrected chi connectivity index (χ4v) is 3.46. The molecule has 21 heavy (non-hydrogen) atoms. The largest absolute Gasteiger partial charge is 0.390 e. The number of fused-ring (bicyclic) bond motifs is 1. The number of thioether (sulfide) groups is 1. The average molecular weight is 320 g/mol. The summed E-state index contributed by atoms with van der Waals surface area (Å²) < 4.78 is 1.89. The van der Waals surface area contributed by atoms with Crippen molar-refractivity contribution < 1.29 is 5.11 Å². The lowest BCUT2D eigenvalue weighted by Crippen LogP contribution is -1.98. The van der Waals surface area contributed by atoms with Gasteiger partial charge in [-0.05, 0) is 12.1 Å². The van der Waals surface area contributed by atoms with E-state index in [9.17, 15) is 5.11 Å². The molecule has 3 rings (SSSR count). The van der Waals surface area contributed by atoms with Gasteiger partial charge in [-0.3, -0.25) is 4.98 Å². The third-order valence-corrected chi connectivity index (χ3v) is 4.80. The molecule has 0 aliphatic rings. The van der Waals surface area contributed by atoms with Gasteiger partial charge in [0.1, 0.15) is 0 Å². The zero-order valence-electron chi connectivity index (χ0n) is 11.5. The van der Waals surface area contributed by atoms with Gasteiger partial charge in [0.15, 0.2) is 5.16 Å². The first-order valence-electron chi connectivity index (χ1n) is 6.47. The maximum atomic E-state index is 9.20. The van der Waals surface area contributed by atoms with Crippen molar-refractivity contribution in [1.29, 1.82) is 0 Å². The molecule has 0 atom stereocenters. The van der Waals surface area contributed by atoms with Gasteiger partial charge in [-0.25, -0.2) is 4.98 Å². The third-order valence-electron chi connectivity index (χ3n) is 3.37. The molecule has 0 spiro atoms. The lowest BCUT2D eigenvalue weighted by atomic mass is 10.1. The number of hydrogen-bond acceptors (Lipinski definition) is 4. The third kappa shape index (κ3) is 2.77. The molecular weight excluding hydrogens is 306 g/mol. The maximum Gasteiger partial charge on any atom is 0.168 e. The van der Waals surface area contributed by atoms with Crippen LogP contribution >= 0.6 is 23.4 Å². The maximum absolute atomic E-state index is 9.20. The van der Waals surface area contributed by atoms with Crippen LogP contribution in [0.3, 0.4) is 0 Å². The second-order valence-electron chi connectivity index (χ2n) is 4.64. The molecular formula is C15H14ClN3OS. The zero-order valence-corrected chi connectivity index (χ0v) is 13.0. The number of imidazole rings is 1. The quantitative estimate of drug-likeness (QED) is 0.749. The van der Waals surface area contributed by atoms with Crippen molar-refractivity contribution in [2.24, 2.45) is 7.05 Å². The summed E-state index contributed by atoms with van der Waals surface area (Å²) in [6.45, 7) is -0.0133. The molecule has 0 saturated carbocycles. The number of pyridine rings is 1. The summed E-state index contributed by atoms with van der Waals surface area (Å²) >= 11 is 7.90. The van der Waals surface area contributed by atoms with Crippen molar-refractivity contribution in [1.82, 2.24) is 14.5 Å². The molecule has 0 radical (unpaired) electrons. The SMILES string of the molecule is Cn1c(CO)cnc1SCc1c(Cl)ccc2cccnc12. The van der Waals surface area contributed by atoms with E-state index in [1.54, 1.807) is 24.2 Å². The lowest BCUT2D eigenvalue weighted by molar-refractivity contribution is 0.271. The number of aliphatic hydroxyl groups excluding tert-OH is 1. The summed E-state index contributed by atoms with van der Waals surface area (Å²) in [5.41, 5.74) is 2.72. The van der Waals surface area contributed by atoms with E-state index in [4.69, 9.17) is 11.6 Å². The Hall–Kier alpha value is -1.56. The van der Waals surface area contributed by atoms with Crippen molar-refractivity contribution in [3.8, 4) is 0 Å². The van der Waals surface area contributed by atoms with Crippen molar-refractivity contribution in [2.45, 2.75) is 17.5 Å². The van der Waals surface area contributed by atoms with Crippen LogP contribution in [0.1, 0.15) is 11.3 Å². The standard InChI is InChI=1S/C15H14ClN3OS/c1-19-11(8-20)7-18-15(19)21-9-12-13(16)5-4-10-3-2-6-17-14(10)12/h2-7,20H,8-9H2,1H3. The van der Waals surface area contributed by atoms with E-state index in [1.165, 1.54) is 0 Å². The molecule has 0 amide bonds. The molecule has 6 heteroatoms. The Morgan fingerprint density at radius 2 is 2.14 bits per heavy atom. The van der Waals surface area contributed by atoms with E-state index in [0.29, 0.717) is 10.8 Å². The first-order chi connectivity index (χ1) is 10.2. The van der Waals surface area contributed by atoms with Gasteiger partial charge in [-0.1, -0.05) is 35.5 Å². The molecule has 1 N–H and O–H groups in total. The number of aliphatic hydroxyl groups is 1. The lowest BCUT2D eigenvalue weighted by Gasteiger charge is -2.08. The molecule has 0 saturated heterocycles. The van der Waals surface area contributed by atoms with Crippen LogP contribution in [0.15, 0.2) is 41.8 Å². The van der Waals surface area contributed by atoms with Crippen LogP contribution in [0.5, 0.6) is 0 Å². The fourth-order valence-electron chi connectivity index (χ4n) is 2.16. The molecule has 0 unspecified atom stereocenters. The topological polar surface area (TPSA) is 50.9 Å². The van der Waals surface area contributed by atoms with Crippen molar-refractivity contribution >= 4 is 34.3 Å². The van der Waals surface area contributed by atoms with E-state index in [-0.39, 0.29) is 6.61 Å². The van der Waals surface area contributed by atoms with Gasteiger partial charge >= 0.3 is 0 Å². The second kappa shape index (κ2) is 6.05. The minimum atomic E-state index is -0.0133. The highest BCUT2D eigenvalue weighted by Crippen LogP contribution is 2.30. The Morgan fingerprint density at radius 3 is 2.90 bits per heavy atom. The number of nitrogens with zero attached hydrogens (tertiary/aromatic N) is 3. The van der Waals surface area contributed by atoms with E-state index < -0.39 is 0 Å². The van der Waals surface area contributed by atoms with E-state index in [2.05, 4.69) is 9.97 Å². The smallest absolute Gasteiger partial charge is 0.168 e. The van der Waals surface area contributed by atoms with Crippen molar-refractivity contribution in [2.75, 3.05) is 0 Å². The summed E-state index contributed by atoms with van der Waals surface area (Å²) in [5, 5.41) is 11.8. The number of benzene rings is 1. The Balaban J connectivity index is 1.91. The van der Waals surface area contributed by atoms with Crippen molar-refractivity contribution in [3.63, 3.8) is 0 Å². The van der Waals surface area contributed by atoms with Crippen molar-refractivity contribution in [3.05, 3.63) is 52.9 Å². The highest BCUT2D eigenvalue weighted by atomic mass is 35.5. The summed E-state index contributed by atoms with van der Waals surface area (Å²) in [5.74, 6) is 0.683. The van der Waals surface area contributed by atoms with Gasteiger partial charge in [0, 0.05) is 35.0 Å². The van der Waals surface area contributed by atoms with Crippen LogP contribution in [0, 0.1) is 0 Å². The Labute approximate surface area is 131 Å². The molecule has 0 fully saturated rings. The molecule has 2 heterocycles. The molecule has 0 aliphatic heterocycles. The first-order valence-corrected chi connectivity index (χ1v) is 7.83. The molecule has 3 aromatic rings. The number of hydrogen-bond donors (Lipinski definition) is 1.